The lowest BCUT2D eigenvalue weighted by Crippen LogP contribution is -2.41. The third-order valence-corrected chi connectivity index (χ3v) is 3.01. The largest absolute Gasteiger partial charge is 0.497 e. The fraction of sp³-hybridized carbons (Fsp3) is 0.188. The number of rotatable bonds is 5. The van der Waals surface area contributed by atoms with E-state index in [1.807, 2.05) is 24.3 Å². The highest BCUT2D eigenvalue weighted by atomic mass is 16.5. The molecule has 114 valence electrons. The van der Waals surface area contributed by atoms with Crippen molar-refractivity contribution in [2.75, 3.05) is 7.11 Å². The smallest absolute Gasteiger partial charge is 0.271 e. The van der Waals surface area contributed by atoms with Crippen LogP contribution >= 0.6 is 0 Å². The van der Waals surface area contributed by atoms with Crippen molar-refractivity contribution < 1.29 is 14.3 Å². The topological polar surface area (TPSA) is 80.3 Å². The summed E-state index contributed by atoms with van der Waals surface area (Å²) in [5, 5.41) is 0. The van der Waals surface area contributed by atoms with Gasteiger partial charge in [0, 0.05) is 18.8 Å². The molecule has 0 spiro atoms. The second-order valence-corrected chi connectivity index (χ2v) is 4.60. The Labute approximate surface area is 128 Å². The molecule has 0 atom stereocenters. The van der Waals surface area contributed by atoms with Gasteiger partial charge in [0.25, 0.3) is 5.91 Å². The Hall–Kier alpha value is -2.89. The van der Waals surface area contributed by atoms with Crippen LogP contribution in [0.25, 0.3) is 0 Å². The zero-order valence-corrected chi connectivity index (χ0v) is 12.2. The zero-order chi connectivity index (χ0) is 15.8. The van der Waals surface area contributed by atoms with E-state index < -0.39 is 5.91 Å². The molecule has 6 nitrogen and oxygen atoms in total. The van der Waals surface area contributed by atoms with Gasteiger partial charge >= 0.3 is 0 Å². The number of hydrogen-bond acceptors (Lipinski definition) is 4. The summed E-state index contributed by atoms with van der Waals surface area (Å²) in [7, 11) is 1.60. The predicted molar refractivity (Wildman–Crippen MR) is 81.2 cm³/mol. The first-order valence-electron chi connectivity index (χ1n) is 6.81. The summed E-state index contributed by atoms with van der Waals surface area (Å²) in [6, 6.07) is 10.8. The van der Waals surface area contributed by atoms with E-state index in [2.05, 4.69) is 15.8 Å². The maximum absolute atomic E-state index is 11.7. The van der Waals surface area contributed by atoms with Crippen LogP contribution in [-0.4, -0.2) is 23.9 Å². The summed E-state index contributed by atoms with van der Waals surface area (Å²) in [4.78, 5) is 27.3. The molecule has 0 saturated heterocycles. The van der Waals surface area contributed by atoms with Gasteiger partial charge in [0.15, 0.2) is 0 Å². The van der Waals surface area contributed by atoms with Crippen molar-refractivity contribution in [2.45, 2.75) is 12.8 Å². The number of aryl methyl sites for hydroxylation is 1. The maximum atomic E-state index is 11.7. The number of amides is 2. The van der Waals surface area contributed by atoms with Gasteiger partial charge in [-0.1, -0.05) is 12.1 Å². The van der Waals surface area contributed by atoms with E-state index in [1.165, 1.54) is 6.20 Å². The molecule has 0 radical (unpaired) electrons. The van der Waals surface area contributed by atoms with Crippen molar-refractivity contribution in [3.63, 3.8) is 0 Å². The van der Waals surface area contributed by atoms with Crippen molar-refractivity contribution in [1.29, 1.82) is 0 Å². The average Bonchev–Trinajstić information content (AvgIpc) is 2.58. The van der Waals surface area contributed by atoms with Crippen LogP contribution in [0.4, 0.5) is 0 Å². The van der Waals surface area contributed by atoms with Crippen molar-refractivity contribution in [3.05, 3.63) is 59.9 Å². The Morgan fingerprint density at radius 3 is 2.77 bits per heavy atom. The van der Waals surface area contributed by atoms with Crippen molar-refractivity contribution >= 4 is 11.8 Å². The Morgan fingerprint density at radius 1 is 1.18 bits per heavy atom. The second-order valence-electron chi connectivity index (χ2n) is 4.60. The summed E-state index contributed by atoms with van der Waals surface area (Å²) in [6.45, 7) is 0. The van der Waals surface area contributed by atoms with Crippen LogP contribution in [-0.2, 0) is 11.2 Å². The van der Waals surface area contributed by atoms with Crippen molar-refractivity contribution in [2.24, 2.45) is 0 Å². The Morgan fingerprint density at radius 2 is 2.05 bits per heavy atom. The number of hydrogen-bond donors (Lipinski definition) is 2. The predicted octanol–water partition coefficient (Wildman–Crippen LogP) is 1.48. The van der Waals surface area contributed by atoms with E-state index in [1.54, 1.807) is 25.4 Å². The van der Waals surface area contributed by atoms with E-state index in [-0.39, 0.29) is 12.3 Å². The molecule has 1 aromatic heterocycles. The molecule has 6 heteroatoms. The lowest BCUT2D eigenvalue weighted by molar-refractivity contribution is -0.121. The number of carbonyl (C=O) groups excluding carboxylic acids is 2. The van der Waals surface area contributed by atoms with Gasteiger partial charge < -0.3 is 4.74 Å². The number of nitrogens with one attached hydrogen (secondary N) is 2. The van der Waals surface area contributed by atoms with E-state index >= 15 is 0 Å². The summed E-state index contributed by atoms with van der Waals surface area (Å²) in [6.07, 6.45) is 3.83. The lowest BCUT2D eigenvalue weighted by Gasteiger charge is -2.07. The van der Waals surface area contributed by atoms with Crippen LogP contribution in [0.1, 0.15) is 22.3 Å². The molecule has 0 aliphatic carbocycles. The Bertz CT molecular complexity index is 644. The Kier molecular flexibility index (Phi) is 5.48. The SMILES string of the molecule is COc1cccc(CCC(=O)NNC(=O)c2cccnc2)c1. The van der Waals surface area contributed by atoms with Gasteiger partial charge in [0.2, 0.25) is 5.91 Å². The molecule has 22 heavy (non-hydrogen) atoms. The van der Waals surface area contributed by atoms with Crippen LogP contribution in [0, 0.1) is 0 Å². The molecule has 2 N–H and O–H groups in total. The molecule has 0 aliphatic heterocycles. The van der Waals surface area contributed by atoms with E-state index in [9.17, 15) is 9.59 Å². The van der Waals surface area contributed by atoms with Crippen LogP contribution in [0.15, 0.2) is 48.8 Å². The first kappa shape index (κ1) is 15.5. The number of pyridine rings is 1. The second kappa shape index (κ2) is 7.78. The monoisotopic (exact) mass is 299 g/mol. The molecule has 1 heterocycles. The van der Waals surface area contributed by atoms with Gasteiger partial charge in [-0.2, -0.15) is 0 Å². The number of aromatic nitrogens is 1. The number of ether oxygens (including phenoxy) is 1. The van der Waals surface area contributed by atoms with Gasteiger partial charge in [-0.3, -0.25) is 25.4 Å². The molecule has 0 bridgehead atoms. The summed E-state index contributed by atoms with van der Waals surface area (Å²) in [5.41, 5.74) is 6.12. The molecule has 0 saturated carbocycles. The number of nitrogens with zero attached hydrogens (tertiary/aromatic N) is 1. The highest BCUT2D eigenvalue weighted by molar-refractivity contribution is 5.95. The fourth-order valence-electron chi connectivity index (χ4n) is 1.84. The molecule has 2 rings (SSSR count). The molecule has 2 amide bonds. The van der Waals surface area contributed by atoms with Crippen LogP contribution in [0.5, 0.6) is 5.75 Å². The van der Waals surface area contributed by atoms with Gasteiger partial charge in [0.05, 0.1) is 12.7 Å². The van der Waals surface area contributed by atoms with Crippen LogP contribution in [0.2, 0.25) is 0 Å². The number of methoxy groups -OCH3 is 1. The van der Waals surface area contributed by atoms with Gasteiger partial charge in [-0.05, 0) is 36.2 Å². The van der Waals surface area contributed by atoms with Crippen molar-refractivity contribution in [1.82, 2.24) is 15.8 Å². The molecular weight excluding hydrogens is 282 g/mol. The van der Waals surface area contributed by atoms with Gasteiger partial charge in [-0.25, -0.2) is 0 Å². The number of hydrazine groups is 1. The van der Waals surface area contributed by atoms with E-state index in [4.69, 9.17) is 4.74 Å². The van der Waals surface area contributed by atoms with Crippen molar-refractivity contribution in [3.8, 4) is 5.75 Å². The first-order chi connectivity index (χ1) is 10.7. The van der Waals surface area contributed by atoms with E-state index in [0.717, 1.165) is 11.3 Å². The first-order valence-corrected chi connectivity index (χ1v) is 6.81. The quantitative estimate of drug-likeness (QED) is 0.820. The summed E-state index contributed by atoms with van der Waals surface area (Å²) < 4.78 is 5.13. The molecule has 1 aromatic carbocycles. The third-order valence-electron chi connectivity index (χ3n) is 3.01. The number of benzene rings is 1. The molecule has 2 aromatic rings. The summed E-state index contributed by atoms with van der Waals surface area (Å²) in [5.74, 6) is 0.0886. The standard InChI is InChI=1S/C16H17N3O3/c1-22-14-6-2-4-12(10-14)7-8-15(20)18-19-16(21)13-5-3-9-17-11-13/h2-6,9-11H,7-8H2,1H3,(H,18,20)(H,19,21). The minimum Gasteiger partial charge on any atom is -0.497 e. The highest BCUT2D eigenvalue weighted by Crippen LogP contribution is 2.13. The lowest BCUT2D eigenvalue weighted by atomic mass is 10.1. The van der Waals surface area contributed by atoms with E-state index in [0.29, 0.717) is 12.0 Å². The molecular formula is C16H17N3O3. The zero-order valence-electron chi connectivity index (χ0n) is 12.2. The van der Waals surface area contributed by atoms with Crippen LogP contribution < -0.4 is 15.6 Å². The Balaban J connectivity index is 1.77. The van der Waals surface area contributed by atoms with Gasteiger partial charge in [-0.15, -0.1) is 0 Å². The minimum absolute atomic E-state index is 0.264. The normalized spacial score (nSPS) is 9.86. The van der Waals surface area contributed by atoms with Crippen LogP contribution in [0.3, 0.4) is 0 Å². The molecule has 0 aliphatic rings. The average molecular weight is 299 g/mol. The molecule has 0 unspecified atom stereocenters. The molecule has 0 fully saturated rings. The third kappa shape index (κ3) is 4.59. The highest BCUT2D eigenvalue weighted by Gasteiger charge is 2.07. The van der Waals surface area contributed by atoms with Gasteiger partial charge in [0.1, 0.15) is 5.75 Å². The number of carbonyl (C=O) groups is 2. The maximum Gasteiger partial charge on any atom is 0.271 e. The minimum atomic E-state index is -0.400. The summed E-state index contributed by atoms with van der Waals surface area (Å²) >= 11 is 0. The fourth-order valence-corrected chi connectivity index (χ4v) is 1.84.